The molecule has 0 radical (unpaired) electrons. The number of hydrogen-bond donors (Lipinski definition) is 0. The fourth-order valence-corrected chi connectivity index (χ4v) is 9.11. The summed E-state index contributed by atoms with van der Waals surface area (Å²) in [5.41, 5.74) is 0.209. The van der Waals surface area contributed by atoms with E-state index < -0.39 is 23.1 Å². The first-order chi connectivity index (χ1) is 22.1. The van der Waals surface area contributed by atoms with Gasteiger partial charge in [-0.25, -0.2) is 18.0 Å². The summed E-state index contributed by atoms with van der Waals surface area (Å²) in [6, 6.07) is 3.16. The first-order valence-corrected chi connectivity index (χ1v) is 17.1. The van der Waals surface area contributed by atoms with Crippen molar-refractivity contribution in [3.8, 4) is 11.1 Å². The van der Waals surface area contributed by atoms with Crippen molar-refractivity contribution in [1.29, 1.82) is 0 Å². The van der Waals surface area contributed by atoms with E-state index in [1.165, 1.54) is 17.8 Å². The van der Waals surface area contributed by atoms with Crippen LogP contribution in [0.15, 0.2) is 40.5 Å². The second-order valence-electron chi connectivity index (χ2n) is 12.7. The molecule has 252 valence electrons. The van der Waals surface area contributed by atoms with Crippen LogP contribution in [-0.4, -0.2) is 89.0 Å². The van der Waals surface area contributed by atoms with Gasteiger partial charge in [-0.3, -0.25) is 14.3 Å². The zero-order valence-corrected chi connectivity index (χ0v) is 28.6. The summed E-state index contributed by atoms with van der Waals surface area (Å²) < 4.78 is 50.8. The number of benzene rings is 2. The van der Waals surface area contributed by atoms with Crippen LogP contribution in [0.4, 0.5) is 19.0 Å². The number of thioether (sulfide) groups is 1. The number of rotatable bonds is 6. The maximum absolute atomic E-state index is 15.3. The highest BCUT2D eigenvalue weighted by Gasteiger charge is 2.36. The number of carbonyl (C=O) groups is 1. The molecule has 4 aliphatic rings. The Labute approximate surface area is 287 Å². The molecule has 1 amide bonds. The van der Waals surface area contributed by atoms with E-state index in [0.29, 0.717) is 65.0 Å². The van der Waals surface area contributed by atoms with Gasteiger partial charge < -0.3 is 14.5 Å². The number of amides is 1. The van der Waals surface area contributed by atoms with Crippen molar-refractivity contribution in [3.05, 3.63) is 63.8 Å². The third-order valence-electron chi connectivity index (χ3n) is 9.94. The van der Waals surface area contributed by atoms with Crippen LogP contribution in [-0.2, 0) is 9.53 Å². The predicted octanol–water partition coefficient (Wildman–Crippen LogP) is 5.62. The fourth-order valence-electron chi connectivity index (χ4n) is 7.39. The monoisotopic (exact) mass is 707 g/mol. The lowest BCUT2D eigenvalue weighted by Gasteiger charge is -2.42. The Balaban J connectivity index is 0.00000386. The maximum atomic E-state index is 15.3. The smallest absolute Gasteiger partial charge is 0.350 e. The molecule has 2 atom stereocenters. The Morgan fingerprint density at radius 3 is 2.49 bits per heavy atom. The van der Waals surface area contributed by atoms with Crippen LogP contribution < -0.4 is 10.6 Å². The molecule has 0 unspecified atom stereocenters. The van der Waals surface area contributed by atoms with E-state index in [9.17, 15) is 18.4 Å². The van der Waals surface area contributed by atoms with Crippen molar-refractivity contribution >= 4 is 59.5 Å². The van der Waals surface area contributed by atoms with Gasteiger partial charge in [-0.05, 0) is 63.4 Å². The number of halogens is 4. The quantitative estimate of drug-likeness (QED) is 0.244. The lowest BCUT2D eigenvalue weighted by molar-refractivity contribution is -0.126. The van der Waals surface area contributed by atoms with Crippen LogP contribution in [0.5, 0.6) is 0 Å². The Bertz CT molecular complexity index is 1780. The average Bonchev–Trinajstić information content (AvgIpc) is 3.01. The molecule has 0 saturated carbocycles. The van der Waals surface area contributed by atoms with Gasteiger partial charge in [0.05, 0.1) is 29.8 Å². The third-order valence-corrected chi connectivity index (χ3v) is 11.5. The maximum Gasteiger partial charge on any atom is 0.350 e. The van der Waals surface area contributed by atoms with Crippen LogP contribution in [0.1, 0.15) is 32.2 Å². The fraction of sp³-hybridized carbons (Fsp3) is 0.485. The summed E-state index contributed by atoms with van der Waals surface area (Å²) in [5, 5.41) is 0.769. The molecule has 2 aromatic carbocycles. The molecule has 4 aliphatic heterocycles. The van der Waals surface area contributed by atoms with Crippen LogP contribution >= 0.6 is 36.9 Å². The van der Waals surface area contributed by atoms with Crippen LogP contribution in [0.3, 0.4) is 0 Å². The van der Waals surface area contributed by atoms with Gasteiger partial charge in [0.1, 0.15) is 11.6 Å². The minimum absolute atomic E-state index is 0. The van der Waals surface area contributed by atoms with Crippen LogP contribution in [0.2, 0.25) is 5.02 Å². The molecule has 14 heteroatoms. The molecule has 0 N–H and O–H groups in total. The molecule has 3 aromatic rings. The minimum atomic E-state index is -1.29. The Kier molecular flexibility index (Phi) is 9.93. The summed E-state index contributed by atoms with van der Waals surface area (Å²) in [6.45, 7) is 10.4. The van der Waals surface area contributed by atoms with E-state index in [0.717, 1.165) is 51.6 Å². The SMILES string of the molecule is C=CC(=O)N1CCN(c2nc(=O)n3c4c(c(-c5cc(F)c(F)cc5F)c(Cl)cc24)SC[C@@H]3CC2CCN(C3COC3)CC2)[C@@H](C)C1.S. The topological polar surface area (TPSA) is 70.9 Å². The van der Waals surface area contributed by atoms with Crippen molar-refractivity contribution in [2.45, 2.75) is 49.2 Å². The van der Waals surface area contributed by atoms with Crippen LogP contribution in [0, 0.1) is 23.4 Å². The van der Waals surface area contributed by atoms with Gasteiger partial charge in [0, 0.05) is 64.9 Å². The number of likely N-dealkylation sites (tertiary alicyclic amines) is 1. The van der Waals surface area contributed by atoms with Gasteiger partial charge in [0.2, 0.25) is 5.91 Å². The largest absolute Gasteiger partial charge is 0.378 e. The van der Waals surface area contributed by atoms with Crippen molar-refractivity contribution in [2.75, 3.05) is 56.6 Å². The number of hydrogen-bond acceptors (Lipinski definition) is 7. The molecule has 47 heavy (non-hydrogen) atoms. The Hall–Kier alpha value is -2.71. The number of carbonyl (C=O) groups excluding carboxylic acids is 1. The van der Waals surface area contributed by atoms with E-state index >= 15 is 4.39 Å². The molecule has 7 rings (SSSR count). The van der Waals surface area contributed by atoms with Gasteiger partial charge in [-0.2, -0.15) is 18.5 Å². The summed E-state index contributed by atoms with van der Waals surface area (Å²) in [4.78, 5) is 37.8. The van der Waals surface area contributed by atoms with E-state index in [1.807, 2.05) is 11.8 Å². The second kappa shape index (κ2) is 13.7. The summed E-state index contributed by atoms with van der Waals surface area (Å²) in [6.07, 6.45) is 4.11. The van der Waals surface area contributed by atoms with Gasteiger partial charge in [-0.1, -0.05) is 18.2 Å². The normalized spacial score (nSPS) is 22.2. The Morgan fingerprint density at radius 2 is 1.83 bits per heavy atom. The summed E-state index contributed by atoms with van der Waals surface area (Å²) in [7, 11) is 0. The number of piperidine rings is 1. The number of nitrogens with zero attached hydrogens (tertiary/aromatic N) is 5. The standard InChI is InChI=1S/C33H35ClF3N5O3S.H2S/c1-3-28(43)40-8-9-41(18(2)14-40)32-23-11-24(34)29(22-12-26(36)27(37)13-25(22)35)31-30(23)42(33(44)38-32)20(17-46-31)10-19-4-6-39(7-5-19)21-15-45-16-21;/h3,11-13,18-21H,1,4-10,14-17H2,2H3;1H2/t18-,20-;/m0./s1. The summed E-state index contributed by atoms with van der Waals surface area (Å²) >= 11 is 8.33. The molecule has 8 nitrogen and oxygen atoms in total. The highest BCUT2D eigenvalue weighted by Crippen LogP contribution is 2.49. The molecular weight excluding hydrogens is 671 g/mol. The number of ether oxygens (including phenoxy) is 1. The highest BCUT2D eigenvalue weighted by molar-refractivity contribution is 7.99. The molecule has 3 fully saturated rings. The molecule has 0 bridgehead atoms. The second-order valence-corrected chi connectivity index (χ2v) is 14.1. The van der Waals surface area contributed by atoms with E-state index in [4.69, 9.17) is 16.3 Å². The van der Waals surface area contributed by atoms with Gasteiger partial charge in [0.15, 0.2) is 11.6 Å². The summed E-state index contributed by atoms with van der Waals surface area (Å²) in [5.74, 6) is -2.21. The highest BCUT2D eigenvalue weighted by atomic mass is 35.5. The lowest BCUT2D eigenvalue weighted by Crippen LogP contribution is -2.54. The number of aromatic nitrogens is 2. The molecular formula is C33H37ClF3N5O3S2. The van der Waals surface area contributed by atoms with Crippen molar-refractivity contribution in [1.82, 2.24) is 19.4 Å². The molecule has 0 spiro atoms. The van der Waals surface area contributed by atoms with Crippen LogP contribution in [0.25, 0.3) is 22.0 Å². The van der Waals surface area contributed by atoms with E-state index in [1.54, 1.807) is 15.5 Å². The first-order valence-electron chi connectivity index (χ1n) is 15.7. The zero-order chi connectivity index (χ0) is 32.3. The van der Waals surface area contributed by atoms with Gasteiger partial charge in [0.25, 0.3) is 0 Å². The molecule has 5 heterocycles. The van der Waals surface area contributed by atoms with Gasteiger partial charge in [-0.15, -0.1) is 11.8 Å². The van der Waals surface area contributed by atoms with E-state index in [2.05, 4.69) is 16.5 Å². The minimum Gasteiger partial charge on any atom is -0.378 e. The average molecular weight is 708 g/mol. The zero-order valence-electron chi connectivity index (χ0n) is 26.0. The third kappa shape index (κ3) is 6.18. The van der Waals surface area contributed by atoms with Gasteiger partial charge >= 0.3 is 5.69 Å². The van der Waals surface area contributed by atoms with Crippen molar-refractivity contribution < 1.29 is 22.7 Å². The number of piperazine rings is 1. The van der Waals surface area contributed by atoms with E-state index in [-0.39, 0.29) is 47.6 Å². The molecule has 0 aliphatic carbocycles. The lowest BCUT2D eigenvalue weighted by atomic mass is 9.89. The first kappa shape index (κ1) is 34.2. The van der Waals surface area contributed by atoms with Crippen molar-refractivity contribution in [3.63, 3.8) is 0 Å². The Morgan fingerprint density at radius 1 is 1.11 bits per heavy atom. The molecule has 3 saturated heterocycles. The molecule has 1 aromatic heterocycles. The number of anilines is 1. The van der Waals surface area contributed by atoms with Crippen molar-refractivity contribution in [2.24, 2.45) is 5.92 Å². The predicted molar refractivity (Wildman–Crippen MR) is 184 cm³/mol.